The number of rotatable bonds is 2. The molecule has 1 amide bonds. The molecule has 0 aromatic carbocycles. The van der Waals surface area contributed by atoms with Crippen LogP contribution in [0.2, 0.25) is 0 Å². The summed E-state index contributed by atoms with van der Waals surface area (Å²) in [4.78, 5) is 10.5. The average molecular weight is 183 g/mol. The number of carbonyl (C=O) groups is 1. The summed E-state index contributed by atoms with van der Waals surface area (Å²) in [5.74, 6) is 0.243. The Kier molecular flexibility index (Phi) is 2.71. The van der Waals surface area contributed by atoms with Gasteiger partial charge in [-0.25, -0.2) is 5.43 Å². The summed E-state index contributed by atoms with van der Waals surface area (Å²) in [5, 5.41) is 3.84. The van der Waals surface area contributed by atoms with Gasteiger partial charge in [-0.1, -0.05) is 13.8 Å². The maximum Gasteiger partial charge on any atom is 0.236 e. The lowest BCUT2D eigenvalue weighted by molar-refractivity contribution is -0.118. The Balaban J connectivity index is 2.40. The van der Waals surface area contributed by atoms with Gasteiger partial charge < -0.3 is 5.73 Å². The fraction of sp³-hybridized carbons (Fsp3) is 0.778. The Morgan fingerprint density at radius 3 is 2.69 bits per heavy atom. The van der Waals surface area contributed by atoms with Crippen LogP contribution in [-0.4, -0.2) is 18.2 Å². The van der Waals surface area contributed by atoms with E-state index >= 15 is 0 Å². The zero-order chi connectivity index (χ0) is 10.1. The summed E-state index contributed by atoms with van der Waals surface area (Å²) in [6.07, 6.45) is 2.74. The summed E-state index contributed by atoms with van der Waals surface area (Å²) in [7, 11) is 0. The zero-order valence-corrected chi connectivity index (χ0v) is 8.37. The highest BCUT2D eigenvalue weighted by Crippen LogP contribution is 2.43. The molecule has 0 heterocycles. The van der Waals surface area contributed by atoms with Crippen LogP contribution < -0.4 is 11.2 Å². The molecule has 0 bridgehead atoms. The lowest BCUT2D eigenvalue weighted by Gasteiger charge is -2.48. The van der Waals surface area contributed by atoms with E-state index < -0.39 is 0 Å². The molecule has 13 heavy (non-hydrogen) atoms. The Labute approximate surface area is 78.6 Å². The number of carbonyl (C=O) groups excluding carboxylic acids is 1. The molecule has 1 fully saturated rings. The quantitative estimate of drug-likeness (QED) is 0.483. The number of nitrogens with zero attached hydrogens (tertiary/aromatic N) is 1. The molecular formula is C9H17N3O. The van der Waals surface area contributed by atoms with E-state index in [4.69, 9.17) is 5.73 Å². The van der Waals surface area contributed by atoms with Gasteiger partial charge in [0.25, 0.3) is 0 Å². The third-order valence-electron chi connectivity index (χ3n) is 2.90. The van der Waals surface area contributed by atoms with E-state index in [-0.39, 0.29) is 17.4 Å². The molecule has 0 saturated heterocycles. The molecule has 4 nitrogen and oxygen atoms in total. The largest absolute Gasteiger partial charge is 0.327 e. The van der Waals surface area contributed by atoms with Gasteiger partial charge in [-0.2, -0.15) is 5.10 Å². The molecule has 0 aromatic heterocycles. The van der Waals surface area contributed by atoms with Gasteiger partial charge in [0, 0.05) is 25.1 Å². The van der Waals surface area contributed by atoms with Crippen molar-refractivity contribution < 1.29 is 4.79 Å². The SMILES string of the molecule is CC(=O)N/N=C/[C@H]1C[C@@H](N)C1(C)C. The Morgan fingerprint density at radius 1 is 1.69 bits per heavy atom. The van der Waals surface area contributed by atoms with Crippen LogP contribution in [0.5, 0.6) is 0 Å². The van der Waals surface area contributed by atoms with Gasteiger partial charge in [-0.3, -0.25) is 4.79 Å². The first-order valence-corrected chi connectivity index (χ1v) is 4.50. The van der Waals surface area contributed by atoms with Gasteiger partial charge in [-0.05, 0) is 11.8 Å². The first-order valence-electron chi connectivity index (χ1n) is 4.50. The molecular weight excluding hydrogens is 166 g/mol. The van der Waals surface area contributed by atoms with Crippen molar-refractivity contribution in [3.8, 4) is 0 Å². The van der Waals surface area contributed by atoms with Crippen molar-refractivity contribution in [2.24, 2.45) is 22.2 Å². The molecule has 0 radical (unpaired) electrons. The maximum atomic E-state index is 10.5. The lowest BCUT2D eigenvalue weighted by atomic mass is 9.59. The fourth-order valence-electron chi connectivity index (χ4n) is 1.47. The standard InChI is InChI=1S/C9H17N3O/c1-6(13)12-11-5-7-4-8(10)9(7,2)3/h5,7-8H,4,10H2,1-3H3,(H,12,13)/b11-5+/t7-,8-/m1/s1. The Bertz CT molecular complexity index is 235. The van der Waals surface area contributed by atoms with Crippen LogP contribution in [0.15, 0.2) is 5.10 Å². The number of nitrogens with two attached hydrogens (primary N) is 1. The number of amides is 1. The summed E-state index contributed by atoms with van der Waals surface area (Å²) in [5.41, 5.74) is 8.33. The van der Waals surface area contributed by atoms with Gasteiger partial charge in [-0.15, -0.1) is 0 Å². The highest BCUT2D eigenvalue weighted by Gasteiger charge is 2.44. The second-order valence-corrected chi connectivity index (χ2v) is 4.22. The minimum Gasteiger partial charge on any atom is -0.327 e. The van der Waals surface area contributed by atoms with Crippen LogP contribution in [-0.2, 0) is 4.79 Å². The monoisotopic (exact) mass is 183 g/mol. The van der Waals surface area contributed by atoms with Crippen molar-refractivity contribution >= 4 is 12.1 Å². The second-order valence-electron chi connectivity index (χ2n) is 4.22. The van der Waals surface area contributed by atoms with E-state index in [2.05, 4.69) is 24.4 Å². The van der Waals surface area contributed by atoms with Crippen LogP contribution in [0.3, 0.4) is 0 Å². The molecule has 74 valence electrons. The van der Waals surface area contributed by atoms with Gasteiger partial charge in [0.15, 0.2) is 0 Å². The van der Waals surface area contributed by atoms with Crippen LogP contribution in [0.1, 0.15) is 27.2 Å². The molecule has 0 spiro atoms. The predicted molar refractivity (Wildman–Crippen MR) is 52.2 cm³/mol. The maximum absolute atomic E-state index is 10.5. The molecule has 0 aliphatic heterocycles. The van der Waals surface area contributed by atoms with E-state index in [1.54, 1.807) is 6.21 Å². The molecule has 0 aromatic rings. The summed E-state index contributed by atoms with van der Waals surface area (Å²) >= 11 is 0. The Morgan fingerprint density at radius 2 is 2.31 bits per heavy atom. The topological polar surface area (TPSA) is 67.5 Å². The van der Waals surface area contributed by atoms with E-state index in [0.29, 0.717) is 5.92 Å². The molecule has 3 N–H and O–H groups in total. The van der Waals surface area contributed by atoms with Crippen molar-refractivity contribution in [2.45, 2.75) is 33.2 Å². The number of hydrazone groups is 1. The van der Waals surface area contributed by atoms with Crippen LogP contribution in [0.25, 0.3) is 0 Å². The molecule has 4 heteroatoms. The average Bonchev–Trinajstić information content (AvgIpc) is 2.02. The smallest absolute Gasteiger partial charge is 0.236 e. The van der Waals surface area contributed by atoms with Gasteiger partial charge in [0.05, 0.1) is 0 Å². The third-order valence-corrected chi connectivity index (χ3v) is 2.90. The number of hydrogen-bond acceptors (Lipinski definition) is 3. The van der Waals surface area contributed by atoms with Crippen LogP contribution in [0.4, 0.5) is 0 Å². The molecule has 1 aliphatic rings. The van der Waals surface area contributed by atoms with Crippen molar-refractivity contribution in [1.29, 1.82) is 0 Å². The summed E-state index contributed by atoms with van der Waals surface area (Å²) in [6.45, 7) is 5.67. The van der Waals surface area contributed by atoms with Gasteiger partial charge in [0.2, 0.25) is 5.91 Å². The van der Waals surface area contributed by atoms with Crippen molar-refractivity contribution in [2.75, 3.05) is 0 Å². The van der Waals surface area contributed by atoms with Crippen molar-refractivity contribution in [1.82, 2.24) is 5.43 Å². The molecule has 1 saturated carbocycles. The first-order chi connectivity index (χ1) is 5.94. The fourth-order valence-corrected chi connectivity index (χ4v) is 1.47. The summed E-state index contributed by atoms with van der Waals surface area (Å²) < 4.78 is 0. The number of hydrogen-bond donors (Lipinski definition) is 2. The highest BCUT2D eigenvalue weighted by molar-refractivity contribution is 5.74. The van der Waals surface area contributed by atoms with Crippen molar-refractivity contribution in [3.05, 3.63) is 0 Å². The molecule has 0 unspecified atom stereocenters. The molecule has 1 aliphatic carbocycles. The zero-order valence-electron chi connectivity index (χ0n) is 8.37. The lowest BCUT2D eigenvalue weighted by Crippen LogP contribution is -2.55. The van der Waals surface area contributed by atoms with E-state index in [1.807, 2.05) is 0 Å². The van der Waals surface area contributed by atoms with Crippen LogP contribution >= 0.6 is 0 Å². The second kappa shape index (κ2) is 3.46. The molecule has 1 rings (SSSR count). The minimum atomic E-state index is -0.141. The third kappa shape index (κ3) is 2.06. The van der Waals surface area contributed by atoms with E-state index in [1.165, 1.54) is 6.92 Å². The Hall–Kier alpha value is -0.900. The highest BCUT2D eigenvalue weighted by atomic mass is 16.2. The van der Waals surface area contributed by atoms with E-state index in [0.717, 1.165) is 6.42 Å². The van der Waals surface area contributed by atoms with Crippen molar-refractivity contribution in [3.63, 3.8) is 0 Å². The number of nitrogens with one attached hydrogen (secondary N) is 1. The first kappa shape index (κ1) is 10.2. The molecule has 2 atom stereocenters. The van der Waals surface area contributed by atoms with Gasteiger partial charge in [0.1, 0.15) is 0 Å². The normalized spacial score (nSPS) is 31.4. The van der Waals surface area contributed by atoms with E-state index in [9.17, 15) is 4.79 Å². The summed E-state index contributed by atoms with van der Waals surface area (Å²) in [6, 6.07) is 0.251. The predicted octanol–water partition coefficient (Wildman–Crippen LogP) is 0.482. The van der Waals surface area contributed by atoms with Crippen LogP contribution in [0, 0.1) is 11.3 Å². The minimum absolute atomic E-state index is 0.113. The van der Waals surface area contributed by atoms with Gasteiger partial charge >= 0.3 is 0 Å².